The molecular formula is C36H48N6O8S. The number of benzene rings is 2. The van der Waals surface area contributed by atoms with Crippen LogP contribution in [0.5, 0.6) is 11.5 Å². The van der Waals surface area contributed by atoms with Crippen LogP contribution in [0.4, 0.5) is 0 Å². The number of carbonyl (C=O) groups is 6. The van der Waals surface area contributed by atoms with Crippen molar-refractivity contribution < 1.29 is 38.2 Å². The molecule has 276 valence electrons. The van der Waals surface area contributed by atoms with Gasteiger partial charge in [0.25, 0.3) is 5.91 Å². The molecule has 15 heteroatoms. The van der Waals surface area contributed by atoms with Gasteiger partial charge in [0.2, 0.25) is 29.5 Å². The first-order valence-electron chi connectivity index (χ1n) is 17.1. The van der Waals surface area contributed by atoms with Gasteiger partial charge in [0.1, 0.15) is 37.4 Å². The maximum absolute atomic E-state index is 14.1. The lowest BCUT2D eigenvalue weighted by molar-refractivity contribution is -0.135. The summed E-state index contributed by atoms with van der Waals surface area (Å²) in [5.74, 6) is -2.33. The maximum Gasteiger partial charge on any atom is 0.254 e. The molecule has 0 unspecified atom stereocenters. The molecule has 6 amide bonds. The quantitative estimate of drug-likeness (QED) is 0.279. The van der Waals surface area contributed by atoms with Crippen LogP contribution in [0, 0.1) is 5.92 Å². The Hall–Kier alpha value is -4.79. The number of nitrogens with one attached hydrogen (secondary N) is 5. The number of amides is 6. The Kier molecular flexibility index (Phi) is 14.1. The van der Waals surface area contributed by atoms with Crippen LogP contribution in [0.3, 0.4) is 0 Å². The lowest BCUT2D eigenvalue weighted by Gasteiger charge is -2.31. The standard InChI is InChI=1S/C36H48N6O8S/c1-21(2)31-35(47)40-27(13-16-51-5)34(46)38-23(4)32(44)39-26(17-24-9-7-6-8-10-24)19-42(20-30(43)37-22(3)33(45)41-31)36(48)25-11-12-28-29(18-25)50-15-14-49-28/h6-12,18,21-23,26-27,31H,13-17,19-20H2,1-5H3,(H,37,43)(H,38,46)(H,39,44)(H,40,47)(H,41,45)/t22-,23+,26-,27+,31+/m1/s1. The molecule has 51 heavy (non-hydrogen) atoms. The second-order valence-electron chi connectivity index (χ2n) is 13.0. The molecule has 1 fully saturated rings. The molecule has 2 aromatic carbocycles. The van der Waals surface area contributed by atoms with Crippen LogP contribution in [-0.2, 0) is 30.4 Å². The van der Waals surface area contributed by atoms with Crippen LogP contribution >= 0.6 is 11.8 Å². The number of hydrogen-bond donors (Lipinski definition) is 5. The van der Waals surface area contributed by atoms with Gasteiger partial charge in [-0.25, -0.2) is 0 Å². The molecule has 5 N–H and O–H groups in total. The Balaban J connectivity index is 1.70. The van der Waals surface area contributed by atoms with E-state index in [-0.39, 0.29) is 24.4 Å². The Bertz CT molecular complexity index is 1570. The lowest BCUT2D eigenvalue weighted by atomic mass is 10.0. The van der Waals surface area contributed by atoms with Crippen molar-refractivity contribution in [2.45, 2.75) is 70.7 Å². The van der Waals surface area contributed by atoms with E-state index in [1.165, 1.54) is 30.5 Å². The molecule has 0 aliphatic carbocycles. The fraction of sp³-hybridized carbons (Fsp3) is 0.500. The second kappa shape index (κ2) is 18.4. The highest BCUT2D eigenvalue weighted by atomic mass is 32.2. The van der Waals surface area contributed by atoms with Crippen molar-refractivity contribution >= 4 is 47.2 Å². The average molecular weight is 725 g/mol. The van der Waals surface area contributed by atoms with Crippen molar-refractivity contribution in [3.8, 4) is 11.5 Å². The SMILES string of the molecule is CSCC[C@@H]1NC(=O)[C@H](C(C)C)NC(=O)[C@@H](C)NC(=O)CN(C(=O)c2ccc3c(c2)OCCO3)C[C@@H](Cc2ccccc2)NC(=O)[C@H](C)NC1=O. The van der Waals surface area contributed by atoms with Gasteiger partial charge in [0.15, 0.2) is 11.5 Å². The summed E-state index contributed by atoms with van der Waals surface area (Å²) in [6.07, 6.45) is 2.45. The smallest absolute Gasteiger partial charge is 0.254 e. The first-order chi connectivity index (χ1) is 24.4. The van der Waals surface area contributed by atoms with Gasteiger partial charge in [0, 0.05) is 12.1 Å². The summed E-state index contributed by atoms with van der Waals surface area (Å²) in [4.78, 5) is 82.8. The highest BCUT2D eigenvalue weighted by molar-refractivity contribution is 7.98. The molecule has 0 aromatic heterocycles. The fourth-order valence-electron chi connectivity index (χ4n) is 5.72. The van der Waals surface area contributed by atoms with Crippen molar-refractivity contribution in [2.75, 3.05) is 38.3 Å². The van der Waals surface area contributed by atoms with Crippen LogP contribution in [0.25, 0.3) is 0 Å². The van der Waals surface area contributed by atoms with Crippen LogP contribution in [0.15, 0.2) is 48.5 Å². The number of hydrogen-bond acceptors (Lipinski definition) is 9. The van der Waals surface area contributed by atoms with E-state index in [4.69, 9.17) is 9.47 Å². The van der Waals surface area contributed by atoms with Crippen LogP contribution in [-0.4, -0.2) is 109 Å². The molecule has 0 spiro atoms. The molecule has 2 aliphatic heterocycles. The highest BCUT2D eigenvalue weighted by Crippen LogP contribution is 2.31. The number of nitrogens with zero attached hydrogens (tertiary/aromatic N) is 1. The molecule has 5 atom stereocenters. The second-order valence-corrected chi connectivity index (χ2v) is 14.0. The van der Waals surface area contributed by atoms with E-state index in [9.17, 15) is 28.8 Å². The number of carbonyl (C=O) groups excluding carboxylic acids is 6. The summed E-state index contributed by atoms with van der Waals surface area (Å²) < 4.78 is 11.3. The Morgan fingerprint density at radius 2 is 1.49 bits per heavy atom. The van der Waals surface area contributed by atoms with Crippen LogP contribution in [0.2, 0.25) is 0 Å². The Labute approximate surface area is 302 Å². The first kappa shape index (κ1) is 39.0. The van der Waals surface area contributed by atoms with E-state index >= 15 is 0 Å². The molecule has 2 heterocycles. The van der Waals surface area contributed by atoms with Gasteiger partial charge in [-0.05, 0) is 68.4 Å². The van der Waals surface area contributed by atoms with Crippen LogP contribution < -0.4 is 36.1 Å². The van der Waals surface area contributed by atoms with E-state index in [0.717, 1.165) is 5.56 Å². The van der Waals surface area contributed by atoms with Gasteiger partial charge >= 0.3 is 0 Å². The number of fused-ring (bicyclic) bond motifs is 1. The van der Waals surface area contributed by atoms with Crippen molar-refractivity contribution in [3.63, 3.8) is 0 Å². The summed E-state index contributed by atoms with van der Waals surface area (Å²) >= 11 is 1.49. The van der Waals surface area contributed by atoms with Crippen molar-refractivity contribution in [3.05, 3.63) is 59.7 Å². The van der Waals surface area contributed by atoms with E-state index in [1.807, 2.05) is 36.6 Å². The normalized spacial score (nSPS) is 23.9. The van der Waals surface area contributed by atoms with Gasteiger partial charge in [-0.15, -0.1) is 0 Å². The molecular weight excluding hydrogens is 676 g/mol. The molecule has 4 rings (SSSR count). The molecule has 1 saturated heterocycles. The number of ether oxygens (including phenoxy) is 2. The highest BCUT2D eigenvalue weighted by Gasteiger charge is 2.33. The molecule has 2 aromatic rings. The third kappa shape index (κ3) is 11.1. The predicted octanol–water partition coefficient (Wildman–Crippen LogP) is 1.03. The summed E-state index contributed by atoms with van der Waals surface area (Å²) in [5, 5.41) is 13.8. The lowest BCUT2D eigenvalue weighted by Crippen LogP contribution is -2.60. The minimum absolute atomic E-state index is 0.0929. The zero-order valence-electron chi connectivity index (χ0n) is 29.7. The average Bonchev–Trinajstić information content (AvgIpc) is 3.10. The minimum Gasteiger partial charge on any atom is -0.486 e. The van der Waals surface area contributed by atoms with E-state index in [1.54, 1.807) is 32.0 Å². The summed E-state index contributed by atoms with van der Waals surface area (Å²) in [5.41, 5.74) is 1.09. The minimum atomic E-state index is -1.08. The van der Waals surface area contributed by atoms with Gasteiger partial charge < -0.3 is 41.0 Å². The number of thioether (sulfide) groups is 1. The maximum atomic E-state index is 14.1. The molecule has 0 bridgehead atoms. The molecule has 14 nitrogen and oxygen atoms in total. The van der Waals surface area contributed by atoms with E-state index < -0.39 is 72.2 Å². The predicted molar refractivity (Wildman–Crippen MR) is 192 cm³/mol. The van der Waals surface area contributed by atoms with Gasteiger partial charge in [-0.1, -0.05) is 44.2 Å². The molecule has 2 aliphatic rings. The van der Waals surface area contributed by atoms with Gasteiger partial charge in [-0.2, -0.15) is 11.8 Å². The van der Waals surface area contributed by atoms with Crippen molar-refractivity contribution in [1.29, 1.82) is 0 Å². The van der Waals surface area contributed by atoms with Crippen molar-refractivity contribution in [1.82, 2.24) is 31.5 Å². The Morgan fingerprint density at radius 1 is 0.824 bits per heavy atom. The van der Waals surface area contributed by atoms with Crippen LogP contribution in [0.1, 0.15) is 50.0 Å². The molecule has 0 saturated carbocycles. The zero-order chi connectivity index (χ0) is 37.1. The zero-order valence-corrected chi connectivity index (χ0v) is 30.5. The first-order valence-corrected chi connectivity index (χ1v) is 18.5. The van der Waals surface area contributed by atoms with Gasteiger partial charge in [-0.3, -0.25) is 28.8 Å². The fourth-order valence-corrected chi connectivity index (χ4v) is 6.19. The van der Waals surface area contributed by atoms with E-state index in [2.05, 4.69) is 26.6 Å². The van der Waals surface area contributed by atoms with Gasteiger partial charge in [0.05, 0.1) is 12.6 Å². The Morgan fingerprint density at radius 3 is 2.18 bits per heavy atom. The molecule has 0 radical (unpaired) electrons. The topological polar surface area (TPSA) is 184 Å². The third-order valence-electron chi connectivity index (χ3n) is 8.54. The summed E-state index contributed by atoms with van der Waals surface area (Å²) in [7, 11) is 0. The summed E-state index contributed by atoms with van der Waals surface area (Å²) in [6.45, 7) is 6.64. The largest absolute Gasteiger partial charge is 0.486 e. The third-order valence-corrected chi connectivity index (χ3v) is 9.18. The number of rotatable bonds is 7. The van der Waals surface area contributed by atoms with E-state index in [0.29, 0.717) is 36.9 Å². The van der Waals surface area contributed by atoms with Crippen molar-refractivity contribution in [2.24, 2.45) is 5.92 Å². The monoisotopic (exact) mass is 724 g/mol. The summed E-state index contributed by atoms with van der Waals surface area (Å²) in [6, 6.07) is 9.27.